The highest BCUT2D eigenvalue weighted by molar-refractivity contribution is 7.51. The third kappa shape index (κ3) is 19.3. The number of nitrogens with zero attached hydrogens (tertiary/aromatic N) is 1. The number of rotatable bonds is 24. The normalized spacial score (nSPS) is 16.2. The van der Waals surface area contributed by atoms with Crippen molar-refractivity contribution < 1.29 is 27.9 Å². The van der Waals surface area contributed by atoms with Crippen LogP contribution in [0.25, 0.3) is 0 Å². The molecule has 35 heavy (non-hydrogen) atoms. The molecule has 3 atom stereocenters. The van der Waals surface area contributed by atoms with Crippen molar-refractivity contribution in [3.8, 4) is 0 Å². The number of hydrogen-bond acceptors (Lipinski definition) is 5. The van der Waals surface area contributed by atoms with Gasteiger partial charge >= 0.3 is 0 Å². The van der Waals surface area contributed by atoms with Gasteiger partial charge in [-0.05, 0) is 57.8 Å². The Morgan fingerprint density at radius 3 is 1.77 bits per heavy atom. The molecule has 0 aliphatic rings. The Balaban J connectivity index is 3.75. The van der Waals surface area contributed by atoms with Gasteiger partial charge in [0.15, 0.2) is 13.4 Å². The molecule has 0 aliphatic carbocycles. The van der Waals surface area contributed by atoms with Crippen LogP contribution >= 0.6 is 7.60 Å². The number of hydrogen-bond donors (Lipinski definition) is 0. The van der Waals surface area contributed by atoms with Crippen molar-refractivity contribution in [1.29, 1.82) is 0 Å². The van der Waals surface area contributed by atoms with Crippen LogP contribution in [0.2, 0.25) is 0 Å². The summed E-state index contributed by atoms with van der Waals surface area (Å²) in [5, 5.41) is 0. The van der Waals surface area contributed by atoms with Gasteiger partial charge in [-0.15, -0.1) is 0 Å². The molecule has 0 fully saturated rings. The Morgan fingerprint density at radius 1 is 0.800 bits per heavy atom. The lowest BCUT2D eigenvalue weighted by Crippen LogP contribution is -2.47. The number of methoxy groups -OCH3 is 1. The van der Waals surface area contributed by atoms with Crippen molar-refractivity contribution in [1.82, 2.24) is 0 Å². The summed E-state index contributed by atoms with van der Waals surface area (Å²) in [6.07, 6.45) is 24.0. The monoisotopic (exact) mass is 517 g/mol. The zero-order chi connectivity index (χ0) is 26.4. The molecule has 0 radical (unpaired) electrons. The molecule has 0 amide bonds. The summed E-state index contributed by atoms with van der Waals surface area (Å²) in [6, 6.07) is 0. The maximum Gasteiger partial charge on any atom is 0.193 e. The molecule has 0 bridgehead atoms. The van der Waals surface area contributed by atoms with Crippen LogP contribution < -0.4 is 4.89 Å². The molecule has 7 heteroatoms. The zero-order valence-corrected chi connectivity index (χ0v) is 24.6. The SMILES string of the molecule is CCCCC/C=C\CCCC/C=C\CCCCCOC[C@H](COP(=O)([O-])C(CC)[N+](C)(C)C)OC. The highest BCUT2D eigenvalue weighted by Gasteiger charge is 2.34. The van der Waals surface area contributed by atoms with E-state index in [1.165, 1.54) is 57.8 Å². The summed E-state index contributed by atoms with van der Waals surface area (Å²) in [4.78, 5) is 12.6. The summed E-state index contributed by atoms with van der Waals surface area (Å²) in [7, 11) is 3.16. The van der Waals surface area contributed by atoms with Crippen LogP contribution in [0.5, 0.6) is 0 Å². The lowest BCUT2D eigenvalue weighted by Gasteiger charge is -2.41. The van der Waals surface area contributed by atoms with Crippen molar-refractivity contribution >= 4 is 7.60 Å². The lowest BCUT2D eigenvalue weighted by molar-refractivity contribution is -0.884. The third-order valence-corrected chi connectivity index (χ3v) is 8.46. The lowest BCUT2D eigenvalue weighted by atomic mass is 10.1. The average molecular weight is 518 g/mol. The van der Waals surface area contributed by atoms with E-state index in [2.05, 4.69) is 31.2 Å². The van der Waals surface area contributed by atoms with Gasteiger partial charge in [0.05, 0.1) is 34.4 Å². The van der Waals surface area contributed by atoms with Gasteiger partial charge in [-0.2, -0.15) is 0 Å². The Morgan fingerprint density at radius 2 is 1.31 bits per heavy atom. The van der Waals surface area contributed by atoms with Gasteiger partial charge < -0.3 is 27.9 Å². The van der Waals surface area contributed by atoms with E-state index in [0.29, 0.717) is 24.1 Å². The van der Waals surface area contributed by atoms with E-state index in [0.717, 1.165) is 19.3 Å². The molecule has 0 aromatic rings. The fourth-order valence-corrected chi connectivity index (χ4v) is 5.86. The topological polar surface area (TPSA) is 67.8 Å². The van der Waals surface area contributed by atoms with E-state index >= 15 is 0 Å². The molecular formula is C28H56NO5P. The standard InChI is InChI=1S/C28H56NO5P/c1-7-9-10-11-12-13-14-15-16-17-18-19-20-21-22-23-24-33-25-27(32-6)26-34-35(30,31)28(8-2)29(3,4)5/h12-13,18-19,27-28H,7-11,14-17,20-26H2,1-6H3/b13-12-,19-18-/t27-,28?/m1/s1. The molecule has 0 saturated carbocycles. The molecule has 0 N–H and O–H groups in total. The van der Waals surface area contributed by atoms with E-state index < -0.39 is 13.4 Å². The molecular weight excluding hydrogens is 461 g/mol. The van der Waals surface area contributed by atoms with E-state index in [9.17, 15) is 9.46 Å². The van der Waals surface area contributed by atoms with Crippen molar-refractivity contribution in [2.75, 3.05) is 48.1 Å². The van der Waals surface area contributed by atoms with Crippen LogP contribution in [0.15, 0.2) is 24.3 Å². The van der Waals surface area contributed by atoms with Gasteiger partial charge in [0.25, 0.3) is 0 Å². The molecule has 6 nitrogen and oxygen atoms in total. The van der Waals surface area contributed by atoms with Crippen molar-refractivity contribution in [3.63, 3.8) is 0 Å². The fraction of sp³-hybridized carbons (Fsp3) is 0.857. The van der Waals surface area contributed by atoms with E-state index in [1.807, 2.05) is 28.1 Å². The number of ether oxygens (including phenoxy) is 2. The summed E-state index contributed by atoms with van der Waals surface area (Å²) in [6.45, 7) is 5.10. The second kappa shape index (κ2) is 21.6. The quantitative estimate of drug-likeness (QED) is 0.0607. The third-order valence-electron chi connectivity index (χ3n) is 6.16. The van der Waals surface area contributed by atoms with Crippen LogP contribution in [0.1, 0.15) is 97.3 Å². The Kier molecular flexibility index (Phi) is 21.3. The maximum absolute atomic E-state index is 12.6. The highest BCUT2D eigenvalue weighted by atomic mass is 31.2. The fourth-order valence-electron chi connectivity index (χ4n) is 4.02. The predicted molar refractivity (Wildman–Crippen MR) is 147 cm³/mol. The first-order valence-corrected chi connectivity index (χ1v) is 15.5. The molecule has 0 heterocycles. The average Bonchev–Trinajstić information content (AvgIpc) is 2.79. The summed E-state index contributed by atoms with van der Waals surface area (Å²) >= 11 is 0. The van der Waals surface area contributed by atoms with Crippen LogP contribution in [0.3, 0.4) is 0 Å². The highest BCUT2D eigenvalue weighted by Crippen LogP contribution is 2.47. The minimum atomic E-state index is -3.99. The van der Waals surface area contributed by atoms with Crippen LogP contribution in [0, 0.1) is 0 Å². The number of allylic oxidation sites excluding steroid dienone is 4. The van der Waals surface area contributed by atoms with Crippen LogP contribution in [-0.4, -0.2) is 64.4 Å². The van der Waals surface area contributed by atoms with E-state index in [4.69, 9.17) is 14.0 Å². The van der Waals surface area contributed by atoms with E-state index in [-0.39, 0.29) is 12.7 Å². The second-order valence-corrected chi connectivity index (χ2v) is 12.3. The smallest absolute Gasteiger partial charge is 0.193 e. The van der Waals surface area contributed by atoms with Gasteiger partial charge in [-0.25, -0.2) is 0 Å². The van der Waals surface area contributed by atoms with Crippen LogP contribution in [0.4, 0.5) is 0 Å². The Labute approximate surface area is 217 Å². The molecule has 0 rings (SSSR count). The summed E-state index contributed by atoms with van der Waals surface area (Å²) in [5.74, 6) is -0.572. The van der Waals surface area contributed by atoms with Crippen molar-refractivity contribution in [3.05, 3.63) is 24.3 Å². The van der Waals surface area contributed by atoms with Gasteiger partial charge in [0.1, 0.15) is 6.10 Å². The maximum atomic E-state index is 12.6. The van der Waals surface area contributed by atoms with Gasteiger partial charge in [0, 0.05) is 20.1 Å². The largest absolute Gasteiger partial charge is 0.774 e. The molecule has 0 aromatic heterocycles. The first-order chi connectivity index (χ1) is 16.7. The number of unbranched alkanes of at least 4 members (excludes halogenated alkanes) is 9. The predicted octanol–water partition coefficient (Wildman–Crippen LogP) is 6.84. The Bertz CT molecular complexity index is 588. The zero-order valence-electron chi connectivity index (χ0n) is 23.7. The number of quaternary nitrogens is 1. The molecule has 0 saturated heterocycles. The molecule has 208 valence electrons. The summed E-state index contributed by atoms with van der Waals surface area (Å²) < 4.78 is 29.2. The minimum absolute atomic E-state index is 0.00613. The van der Waals surface area contributed by atoms with Crippen LogP contribution in [-0.2, 0) is 18.6 Å². The first-order valence-electron chi connectivity index (χ1n) is 13.9. The second-order valence-electron chi connectivity index (χ2n) is 10.3. The van der Waals surface area contributed by atoms with Gasteiger partial charge in [-0.1, -0.05) is 57.4 Å². The molecule has 0 aliphatic heterocycles. The molecule has 0 aromatic carbocycles. The molecule has 2 unspecified atom stereocenters. The van der Waals surface area contributed by atoms with E-state index in [1.54, 1.807) is 7.11 Å². The van der Waals surface area contributed by atoms with Gasteiger partial charge in [0.2, 0.25) is 0 Å². The first kappa shape index (κ1) is 34.5. The van der Waals surface area contributed by atoms with Crippen molar-refractivity contribution in [2.45, 2.75) is 109 Å². The van der Waals surface area contributed by atoms with Crippen molar-refractivity contribution in [2.24, 2.45) is 0 Å². The summed E-state index contributed by atoms with van der Waals surface area (Å²) in [5.41, 5.74) is 0. The Hall–Kier alpha value is -0.490. The molecule has 0 spiro atoms. The minimum Gasteiger partial charge on any atom is -0.774 e. The van der Waals surface area contributed by atoms with Gasteiger partial charge in [-0.3, -0.25) is 0 Å².